The monoisotopic (exact) mass is 751 g/mol. The van der Waals surface area contributed by atoms with Crippen molar-refractivity contribution in [2.45, 2.75) is 102 Å². The minimum Gasteiger partial charge on any atom is -0.477 e. The minimum absolute atomic E-state index is 0.0336. The molecule has 0 aromatic carbocycles. The van der Waals surface area contributed by atoms with Crippen LogP contribution in [0.1, 0.15) is 89.9 Å². The van der Waals surface area contributed by atoms with Gasteiger partial charge in [-0.1, -0.05) is 17.7 Å². The highest BCUT2D eigenvalue weighted by atomic mass is 35.5. The van der Waals surface area contributed by atoms with E-state index in [4.69, 9.17) is 21.1 Å². The Balaban J connectivity index is 1.04. The SMILES string of the molecule is CC(C)(C)OC(=O)N1CC(CCCNc2cccc(SNC(=O)c3ccc(-n4ccc(OCCCC5(C(F)(F)F)CC5)n4)nc3Cl)n2)CC1(C)C. The number of halogens is 4. The van der Waals surface area contributed by atoms with Gasteiger partial charge in [-0.05, 0) is 110 Å². The lowest BCUT2D eigenvalue weighted by Crippen LogP contribution is -2.45. The number of alkyl halides is 3. The van der Waals surface area contributed by atoms with Crippen LogP contribution >= 0.6 is 23.5 Å². The highest BCUT2D eigenvalue weighted by Crippen LogP contribution is 2.60. The summed E-state index contributed by atoms with van der Waals surface area (Å²) >= 11 is 7.41. The first-order valence-electron chi connectivity index (χ1n) is 17.1. The van der Waals surface area contributed by atoms with Crippen LogP contribution in [-0.4, -0.2) is 73.7 Å². The Morgan fingerprint density at radius 3 is 2.53 bits per heavy atom. The topological polar surface area (TPSA) is 124 Å². The van der Waals surface area contributed by atoms with E-state index in [1.807, 2.05) is 37.8 Å². The summed E-state index contributed by atoms with van der Waals surface area (Å²) in [4.78, 5) is 36.4. The number of anilines is 1. The van der Waals surface area contributed by atoms with E-state index < -0.39 is 23.1 Å². The third kappa shape index (κ3) is 10.2. The Hall–Kier alpha value is -3.72. The Morgan fingerprint density at radius 2 is 1.84 bits per heavy atom. The molecule has 0 bridgehead atoms. The van der Waals surface area contributed by atoms with Gasteiger partial charge in [0.05, 0.1) is 17.6 Å². The number of aromatic nitrogens is 4. The number of amides is 2. The lowest BCUT2D eigenvalue weighted by molar-refractivity contribution is -0.189. The zero-order valence-electron chi connectivity index (χ0n) is 29.5. The summed E-state index contributed by atoms with van der Waals surface area (Å²) in [6, 6.07) is 10.2. The Labute approximate surface area is 305 Å². The Bertz CT molecular complexity index is 1690. The van der Waals surface area contributed by atoms with Crippen LogP contribution in [0.4, 0.5) is 23.8 Å². The molecule has 16 heteroatoms. The highest BCUT2D eigenvalue weighted by Gasteiger charge is 2.62. The van der Waals surface area contributed by atoms with Crippen LogP contribution in [0.5, 0.6) is 5.88 Å². The van der Waals surface area contributed by atoms with Gasteiger partial charge in [0, 0.05) is 42.8 Å². The van der Waals surface area contributed by atoms with Crippen molar-refractivity contribution in [3.8, 4) is 11.7 Å². The zero-order valence-corrected chi connectivity index (χ0v) is 31.1. The van der Waals surface area contributed by atoms with Crippen molar-refractivity contribution in [2.24, 2.45) is 11.3 Å². The van der Waals surface area contributed by atoms with Gasteiger partial charge in [0.25, 0.3) is 5.91 Å². The third-order valence-electron chi connectivity index (χ3n) is 9.02. The first-order valence-corrected chi connectivity index (χ1v) is 18.3. The largest absolute Gasteiger partial charge is 0.477 e. The molecule has 1 unspecified atom stereocenters. The van der Waals surface area contributed by atoms with Crippen LogP contribution in [0, 0.1) is 11.3 Å². The lowest BCUT2D eigenvalue weighted by atomic mass is 9.93. The molecule has 5 rings (SSSR count). The molecule has 4 heterocycles. The molecule has 2 N–H and O–H groups in total. The molecule has 2 aliphatic rings. The number of carbonyl (C=O) groups is 2. The van der Waals surface area contributed by atoms with E-state index in [0.29, 0.717) is 35.7 Å². The molecule has 2 amide bonds. The molecule has 1 atom stereocenters. The molecule has 2 fully saturated rings. The van der Waals surface area contributed by atoms with Crippen molar-refractivity contribution in [1.29, 1.82) is 0 Å². The van der Waals surface area contributed by atoms with Crippen LogP contribution in [0.2, 0.25) is 5.15 Å². The number of ether oxygens (including phenoxy) is 2. The van der Waals surface area contributed by atoms with Gasteiger partial charge in [0.15, 0.2) is 5.82 Å². The summed E-state index contributed by atoms with van der Waals surface area (Å²) in [6.07, 6.45) is 0.572. The maximum Gasteiger partial charge on any atom is 0.410 e. The Kier molecular flexibility index (Phi) is 11.7. The van der Waals surface area contributed by atoms with Crippen molar-refractivity contribution in [2.75, 3.05) is 25.0 Å². The normalized spacial score (nSPS) is 18.0. The van der Waals surface area contributed by atoms with Gasteiger partial charge in [-0.2, -0.15) is 13.2 Å². The molecule has 1 saturated heterocycles. The molecule has 51 heavy (non-hydrogen) atoms. The second-order valence-electron chi connectivity index (χ2n) is 14.8. The van der Waals surface area contributed by atoms with Gasteiger partial charge in [-0.3, -0.25) is 9.52 Å². The summed E-state index contributed by atoms with van der Waals surface area (Å²) in [7, 11) is 0. The first-order chi connectivity index (χ1) is 23.9. The number of carbonyl (C=O) groups excluding carboxylic acids is 2. The predicted octanol–water partition coefficient (Wildman–Crippen LogP) is 8.48. The van der Waals surface area contributed by atoms with Crippen molar-refractivity contribution in [3.63, 3.8) is 0 Å². The van der Waals surface area contributed by atoms with E-state index in [2.05, 4.69) is 39.0 Å². The molecule has 3 aromatic heterocycles. The number of likely N-dealkylation sites (tertiary alicyclic amines) is 1. The molecule has 0 spiro atoms. The summed E-state index contributed by atoms with van der Waals surface area (Å²) < 4.78 is 54.7. The van der Waals surface area contributed by atoms with Crippen LogP contribution in [-0.2, 0) is 4.74 Å². The second-order valence-corrected chi connectivity index (χ2v) is 16.0. The molecule has 0 radical (unpaired) electrons. The molecule has 1 aliphatic carbocycles. The quantitative estimate of drug-likeness (QED) is 0.0949. The fourth-order valence-electron chi connectivity index (χ4n) is 6.20. The highest BCUT2D eigenvalue weighted by molar-refractivity contribution is 7.97. The molecular formula is C35H45ClF3N7O4S. The van der Waals surface area contributed by atoms with E-state index >= 15 is 0 Å². The molecule has 1 aliphatic heterocycles. The van der Waals surface area contributed by atoms with Crippen LogP contribution in [0.3, 0.4) is 0 Å². The lowest BCUT2D eigenvalue weighted by Gasteiger charge is -2.33. The third-order valence-corrected chi connectivity index (χ3v) is 10.0. The number of nitrogens with zero attached hydrogens (tertiary/aromatic N) is 5. The van der Waals surface area contributed by atoms with E-state index in [-0.39, 0.29) is 60.5 Å². The van der Waals surface area contributed by atoms with E-state index in [1.54, 1.807) is 24.4 Å². The molecule has 11 nitrogen and oxygen atoms in total. The average Bonchev–Trinajstić information content (AvgIpc) is 3.59. The Morgan fingerprint density at radius 1 is 1.08 bits per heavy atom. The van der Waals surface area contributed by atoms with Gasteiger partial charge < -0.3 is 19.7 Å². The summed E-state index contributed by atoms with van der Waals surface area (Å²) in [5.41, 5.74) is -2.18. The van der Waals surface area contributed by atoms with Gasteiger partial charge in [-0.15, -0.1) is 5.10 Å². The fraction of sp³-hybridized carbons (Fsp3) is 0.571. The van der Waals surface area contributed by atoms with Crippen molar-refractivity contribution >= 4 is 41.4 Å². The van der Waals surface area contributed by atoms with Crippen LogP contribution < -0.4 is 14.8 Å². The summed E-state index contributed by atoms with van der Waals surface area (Å²) in [5, 5.41) is 8.15. The summed E-state index contributed by atoms with van der Waals surface area (Å²) in [5.74, 6) is 1.19. The first kappa shape index (κ1) is 38.5. The number of pyridine rings is 2. The zero-order chi connectivity index (χ0) is 37.0. The maximum absolute atomic E-state index is 13.1. The molecule has 1 saturated carbocycles. The van der Waals surface area contributed by atoms with Crippen LogP contribution in [0.15, 0.2) is 47.6 Å². The van der Waals surface area contributed by atoms with Gasteiger partial charge in [-0.25, -0.2) is 19.4 Å². The van der Waals surface area contributed by atoms with Gasteiger partial charge >= 0.3 is 12.3 Å². The van der Waals surface area contributed by atoms with Gasteiger partial charge in [0.2, 0.25) is 5.88 Å². The number of rotatable bonds is 14. The number of hydrogen-bond acceptors (Lipinski definition) is 9. The van der Waals surface area contributed by atoms with Gasteiger partial charge in [0.1, 0.15) is 21.6 Å². The van der Waals surface area contributed by atoms with E-state index in [0.717, 1.165) is 31.2 Å². The summed E-state index contributed by atoms with van der Waals surface area (Å²) in [6.45, 7) is 11.3. The average molecular weight is 752 g/mol. The van der Waals surface area contributed by atoms with E-state index in [1.165, 1.54) is 10.7 Å². The van der Waals surface area contributed by atoms with Crippen molar-refractivity contribution in [1.82, 2.24) is 29.4 Å². The molecular weight excluding hydrogens is 707 g/mol. The minimum atomic E-state index is -4.17. The number of hydrogen-bond donors (Lipinski definition) is 2. The maximum atomic E-state index is 13.1. The second kappa shape index (κ2) is 15.5. The van der Waals surface area contributed by atoms with E-state index in [9.17, 15) is 22.8 Å². The smallest absolute Gasteiger partial charge is 0.410 e. The van der Waals surface area contributed by atoms with Crippen molar-refractivity contribution in [3.05, 3.63) is 53.3 Å². The number of nitrogens with one attached hydrogen (secondary N) is 2. The fourth-order valence-corrected chi connectivity index (χ4v) is 7.03. The van der Waals surface area contributed by atoms with Crippen molar-refractivity contribution < 1.29 is 32.2 Å². The molecule has 278 valence electrons. The standard InChI is InChI=1S/C35H45ClF3N7O4S/c1-32(2,3)50-31(48)45-22-23(21-33(45,4)5)9-7-18-40-25-10-6-11-28(41-25)51-44-30(47)24-12-13-26(42-29(24)36)46-19-14-27(43-46)49-20-8-15-34(16-17-34)35(37,38)39/h6,10-14,19,23H,7-9,15-18,20-22H2,1-5H3,(H,40,41)(H,44,47). The predicted molar refractivity (Wildman–Crippen MR) is 189 cm³/mol. The van der Waals surface area contributed by atoms with Crippen LogP contribution in [0.25, 0.3) is 5.82 Å². The molecule has 3 aromatic rings.